The maximum Gasteiger partial charge on any atom is 0.124 e. The first-order valence-electron chi connectivity index (χ1n) is 6.84. The molecule has 2 heterocycles. The van der Waals surface area contributed by atoms with Gasteiger partial charge in [0.25, 0.3) is 0 Å². The zero-order valence-corrected chi connectivity index (χ0v) is 12.1. The molecule has 0 aromatic heterocycles. The molecule has 2 atom stereocenters. The number of hydrogen-bond acceptors (Lipinski definition) is 3. The molecule has 106 valence electrons. The highest BCUT2D eigenvalue weighted by Gasteiger charge is 2.33. The van der Waals surface area contributed by atoms with Gasteiger partial charge in [0.1, 0.15) is 5.75 Å². The molecule has 0 saturated carbocycles. The van der Waals surface area contributed by atoms with Gasteiger partial charge in [-0.25, -0.2) is 0 Å². The lowest BCUT2D eigenvalue weighted by molar-refractivity contribution is 0.00842. The molecule has 2 aliphatic heterocycles. The van der Waals surface area contributed by atoms with Crippen LogP contribution in [0.4, 0.5) is 0 Å². The van der Waals surface area contributed by atoms with E-state index in [9.17, 15) is 0 Å². The number of piperidine rings is 1. The van der Waals surface area contributed by atoms with E-state index in [-0.39, 0.29) is 12.4 Å². The lowest BCUT2D eigenvalue weighted by Crippen LogP contribution is -2.41. The molecule has 4 heteroatoms. The van der Waals surface area contributed by atoms with Crippen LogP contribution in [-0.4, -0.2) is 25.3 Å². The van der Waals surface area contributed by atoms with E-state index in [1.807, 2.05) is 18.2 Å². The normalized spacial score (nSPS) is 28.8. The summed E-state index contributed by atoms with van der Waals surface area (Å²) in [4.78, 5) is 0. The number of methoxy groups -OCH3 is 1. The summed E-state index contributed by atoms with van der Waals surface area (Å²) in [5.74, 6) is 0.925. The van der Waals surface area contributed by atoms with Crippen LogP contribution in [0.2, 0.25) is 0 Å². The SMILES string of the molecule is COc1ccccc1COC1CC2CCC(C1)N2.Cl. The molecule has 0 spiro atoms. The smallest absolute Gasteiger partial charge is 0.124 e. The summed E-state index contributed by atoms with van der Waals surface area (Å²) in [6.45, 7) is 0.661. The van der Waals surface area contributed by atoms with Crippen molar-refractivity contribution in [2.24, 2.45) is 0 Å². The molecular formula is C15H22ClNO2. The summed E-state index contributed by atoms with van der Waals surface area (Å²) in [5, 5.41) is 3.64. The molecule has 1 N–H and O–H groups in total. The van der Waals surface area contributed by atoms with Gasteiger partial charge >= 0.3 is 0 Å². The Morgan fingerprint density at radius 2 is 1.84 bits per heavy atom. The van der Waals surface area contributed by atoms with Gasteiger partial charge in [0.05, 0.1) is 19.8 Å². The largest absolute Gasteiger partial charge is 0.496 e. The second kappa shape index (κ2) is 6.60. The molecule has 0 amide bonds. The number of nitrogens with one attached hydrogen (secondary N) is 1. The molecule has 19 heavy (non-hydrogen) atoms. The van der Waals surface area contributed by atoms with Crippen LogP contribution in [0.15, 0.2) is 24.3 Å². The molecule has 1 aromatic rings. The topological polar surface area (TPSA) is 30.5 Å². The number of hydrogen-bond donors (Lipinski definition) is 1. The zero-order chi connectivity index (χ0) is 12.4. The monoisotopic (exact) mass is 283 g/mol. The number of benzene rings is 1. The maximum absolute atomic E-state index is 6.07. The number of para-hydroxylation sites is 1. The Balaban J connectivity index is 0.00000133. The van der Waals surface area contributed by atoms with Crippen molar-refractivity contribution in [2.75, 3.05) is 7.11 Å². The fourth-order valence-electron chi connectivity index (χ4n) is 3.17. The van der Waals surface area contributed by atoms with Gasteiger partial charge in [0.15, 0.2) is 0 Å². The highest BCUT2D eigenvalue weighted by atomic mass is 35.5. The van der Waals surface area contributed by atoms with Crippen molar-refractivity contribution in [3.05, 3.63) is 29.8 Å². The van der Waals surface area contributed by atoms with Crippen molar-refractivity contribution in [1.82, 2.24) is 5.32 Å². The molecule has 2 fully saturated rings. The van der Waals surface area contributed by atoms with Crippen molar-refractivity contribution >= 4 is 12.4 Å². The van der Waals surface area contributed by atoms with Crippen LogP contribution >= 0.6 is 12.4 Å². The molecule has 1 aromatic carbocycles. The second-order valence-electron chi connectivity index (χ2n) is 5.35. The summed E-state index contributed by atoms with van der Waals surface area (Å²) in [5.41, 5.74) is 1.14. The van der Waals surface area contributed by atoms with Gasteiger partial charge in [0, 0.05) is 17.6 Å². The Hall–Kier alpha value is -0.770. The average Bonchev–Trinajstić information content (AvgIpc) is 2.76. The Bertz CT molecular complexity index is 401. The van der Waals surface area contributed by atoms with Gasteiger partial charge < -0.3 is 14.8 Å². The van der Waals surface area contributed by atoms with Crippen LogP contribution in [-0.2, 0) is 11.3 Å². The maximum atomic E-state index is 6.07. The van der Waals surface area contributed by atoms with E-state index in [1.165, 1.54) is 12.8 Å². The molecule has 2 saturated heterocycles. The third kappa shape index (κ3) is 3.41. The molecule has 0 radical (unpaired) electrons. The van der Waals surface area contributed by atoms with Crippen LogP contribution < -0.4 is 10.1 Å². The highest BCUT2D eigenvalue weighted by molar-refractivity contribution is 5.85. The van der Waals surface area contributed by atoms with E-state index in [1.54, 1.807) is 7.11 Å². The lowest BCUT2D eigenvalue weighted by atomic mass is 10.0. The van der Waals surface area contributed by atoms with Crippen molar-refractivity contribution in [3.8, 4) is 5.75 Å². The molecule has 2 unspecified atom stereocenters. The van der Waals surface area contributed by atoms with Crippen LogP contribution in [0.5, 0.6) is 5.75 Å². The van der Waals surface area contributed by atoms with Crippen LogP contribution in [0, 0.1) is 0 Å². The number of halogens is 1. The van der Waals surface area contributed by atoms with Gasteiger partial charge in [-0.2, -0.15) is 0 Å². The van der Waals surface area contributed by atoms with Gasteiger partial charge in [0.2, 0.25) is 0 Å². The zero-order valence-electron chi connectivity index (χ0n) is 11.3. The van der Waals surface area contributed by atoms with Gasteiger partial charge in [-0.3, -0.25) is 0 Å². The molecule has 0 aliphatic carbocycles. The summed E-state index contributed by atoms with van der Waals surface area (Å²) < 4.78 is 11.4. The lowest BCUT2D eigenvalue weighted by Gasteiger charge is -2.29. The first kappa shape index (κ1) is 14.6. The van der Waals surface area contributed by atoms with E-state index in [2.05, 4.69) is 11.4 Å². The standard InChI is InChI=1S/C15H21NO2.ClH/c1-17-15-5-3-2-4-11(15)10-18-14-8-12-6-7-13(9-14)16-12;/h2-5,12-14,16H,6-10H2,1H3;1H. The fraction of sp³-hybridized carbons (Fsp3) is 0.600. The Morgan fingerprint density at radius 1 is 1.16 bits per heavy atom. The first-order chi connectivity index (χ1) is 8.85. The van der Waals surface area contributed by atoms with Crippen molar-refractivity contribution in [1.29, 1.82) is 0 Å². The Kier molecular flexibility index (Phi) is 5.08. The van der Waals surface area contributed by atoms with Crippen LogP contribution in [0.1, 0.15) is 31.2 Å². The van der Waals surface area contributed by atoms with Crippen LogP contribution in [0.25, 0.3) is 0 Å². The summed E-state index contributed by atoms with van der Waals surface area (Å²) in [6.07, 6.45) is 5.36. The van der Waals surface area contributed by atoms with Crippen molar-refractivity contribution in [3.63, 3.8) is 0 Å². The molecule has 2 aliphatic rings. The predicted molar refractivity (Wildman–Crippen MR) is 78.0 cm³/mol. The Morgan fingerprint density at radius 3 is 2.53 bits per heavy atom. The fourth-order valence-corrected chi connectivity index (χ4v) is 3.17. The van der Waals surface area contributed by atoms with E-state index in [0.29, 0.717) is 24.8 Å². The minimum Gasteiger partial charge on any atom is -0.496 e. The predicted octanol–water partition coefficient (Wildman–Crippen LogP) is 2.92. The van der Waals surface area contributed by atoms with Crippen LogP contribution in [0.3, 0.4) is 0 Å². The summed E-state index contributed by atoms with van der Waals surface area (Å²) in [7, 11) is 1.71. The molecule has 3 rings (SSSR count). The van der Waals surface area contributed by atoms with E-state index < -0.39 is 0 Å². The molecule has 2 bridgehead atoms. The number of fused-ring (bicyclic) bond motifs is 2. The summed E-state index contributed by atoms with van der Waals surface area (Å²) in [6, 6.07) is 9.47. The first-order valence-corrected chi connectivity index (χ1v) is 6.84. The van der Waals surface area contributed by atoms with Gasteiger partial charge in [-0.15, -0.1) is 12.4 Å². The number of rotatable bonds is 4. The van der Waals surface area contributed by atoms with E-state index in [0.717, 1.165) is 24.2 Å². The summed E-state index contributed by atoms with van der Waals surface area (Å²) >= 11 is 0. The third-order valence-electron chi connectivity index (χ3n) is 4.10. The van der Waals surface area contributed by atoms with Gasteiger partial charge in [-0.05, 0) is 31.7 Å². The Labute approximate surface area is 121 Å². The van der Waals surface area contributed by atoms with E-state index >= 15 is 0 Å². The minimum atomic E-state index is 0. The van der Waals surface area contributed by atoms with Crippen molar-refractivity contribution in [2.45, 2.75) is 50.5 Å². The molecule has 3 nitrogen and oxygen atoms in total. The quantitative estimate of drug-likeness (QED) is 0.922. The van der Waals surface area contributed by atoms with Gasteiger partial charge in [-0.1, -0.05) is 18.2 Å². The highest BCUT2D eigenvalue weighted by Crippen LogP contribution is 2.29. The van der Waals surface area contributed by atoms with E-state index in [4.69, 9.17) is 9.47 Å². The van der Waals surface area contributed by atoms with Crippen molar-refractivity contribution < 1.29 is 9.47 Å². The minimum absolute atomic E-state index is 0. The molecular weight excluding hydrogens is 262 g/mol. The average molecular weight is 284 g/mol. The third-order valence-corrected chi connectivity index (χ3v) is 4.10. The number of ether oxygens (including phenoxy) is 2. The second-order valence-corrected chi connectivity index (χ2v) is 5.35.